The van der Waals surface area contributed by atoms with Crippen molar-refractivity contribution in [2.75, 3.05) is 40.4 Å². The predicted octanol–water partition coefficient (Wildman–Crippen LogP) is 2.76. The fourth-order valence-electron chi connectivity index (χ4n) is 2.97. The Balaban J connectivity index is 1.98. The summed E-state index contributed by atoms with van der Waals surface area (Å²) < 4.78 is 10.8. The molecule has 1 fully saturated rings. The first-order chi connectivity index (χ1) is 10.8. The highest BCUT2D eigenvalue weighted by atomic mass is 32.1. The summed E-state index contributed by atoms with van der Waals surface area (Å²) in [6, 6.07) is 10.9. The van der Waals surface area contributed by atoms with Gasteiger partial charge in [-0.1, -0.05) is 12.1 Å². The standard InChI is InChI=1S/C17H22N2O2S/c1-20-14-6-5-13(12-15(14)21-2)17(16-4-3-11-22-16)19-9-7-18-8-10-19/h3-6,11-12,17-18H,7-10H2,1-2H3. The Morgan fingerprint density at radius 1 is 1.09 bits per heavy atom. The van der Waals surface area contributed by atoms with Gasteiger partial charge in [-0.25, -0.2) is 0 Å². The molecular weight excluding hydrogens is 296 g/mol. The summed E-state index contributed by atoms with van der Waals surface area (Å²) in [5.41, 5.74) is 1.25. The van der Waals surface area contributed by atoms with Gasteiger partial charge < -0.3 is 14.8 Å². The number of ether oxygens (including phenoxy) is 2. The Morgan fingerprint density at radius 2 is 1.86 bits per heavy atom. The van der Waals surface area contributed by atoms with Gasteiger partial charge in [-0.05, 0) is 29.1 Å². The number of benzene rings is 1. The lowest BCUT2D eigenvalue weighted by Gasteiger charge is -2.35. The van der Waals surface area contributed by atoms with Gasteiger partial charge in [0.1, 0.15) is 0 Å². The normalized spacial score (nSPS) is 17.2. The van der Waals surface area contributed by atoms with Crippen LogP contribution in [0.5, 0.6) is 11.5 Å². The molecule has 1 aromatic heterocycles. The zero-order chi connectivity index (χ0) is 15.4. The second-order valence-electron chi connectivity index (χ2n) is 5.32. The minimum absolute atomic E-state index is 0.280. The zero-order valence-electron chi connectivity index (χ0n) is 13.0. The lowest BCUT2D eigenvalue weighted by atomic mass is 10.0. The van der Waals surface area contributed by atoms with Gasteiger partial charge in [0.05, 0.1) is 20.3 Å². The molecule has 22 heavy (non-hydrogen) atoms. The second-order valence-corrected chi connectivity index (χ2v) is 6.30. The molecule has 0 amide bonds. The lowest BCUT2D eigenvalue weighted by molar-refractivity contribution is 0.200. The maximum absolute atomic E-state index is 5.48. The molecule has 118 valence electrons. The van der Waals surface area contributed by atoms with Crippen molar-refractivity contribution in [1.29, 1.82) is 0 Å². The molecule has 1 saturated heterocycles. The van der Waals surface area contributed by atoms with Gasteiger partial charge in [0.25, 0.3) is 0 Å². The van der Waals surface area contributed by atoms with E-state index in [0.29, 0.717) is 0 Å². The van der Waals surface area contributed by atoms with Crippen LogP contribution in [0.15, 0.2) is 35.7 Å². The molecular formula is C17H22N2O2S. The van der Waals surface area contributed by atoms with Crippen LogP contribution in [0, 0.1) is 0 Å². The minimum atomic E-state index is 0.280. The number of rotatable bonds is 5. The molecule has 4 nitrogen and oxygen atoms in total. The molecule has 1 aliphatic heterocycles. The van der Waals surface area contributed by atoms with Crippen molar-refractivity contribution in [1.82, 2.24) is 10.2 Å². The maximum atomic E-state index is 5.48. The molecule has 5 heteroatoms. The molecule has 2 heterocycles. The van der Waals surface area contributed by atoms with Crippen LogP contribution in [-0.2, 0) is 0 Å². The molecule has 0 spiro atoms. The van der Waals surface area contributed by atoms with Crippen LogP contribution in [0.25, 0.3) is 0 Å². The monoisotopic (exact) mass is 318 g/mol. The second kappa shape index (κ2) is 7.13. The van der Waals surface area contributed by atoms with E-state index in [1.165, 1.54) is 10.4 Å². The third-order valence-electron chi connectivity index (χ3n) is 4.05. The van der Waals surface area contributed by atoms with Crippen molar-refractivity contribution < 1.29 is 9.47 Å². The zero-order valence-corrected chi connectivity index (χ0v) is 13.9. The van der Waals surface area contributed by atoms with Crippen LogP contribution < -0.4 is 14.8 Å². The fourth-order valence-corrected chi connectivity index (χ4v) is 3.85. The Bertz CT molecular complexity index is 595. The summed E-state index contributed by atoms with van der Waals surface area (Å²) in [4.78, 5) is 3.90. The van der Waals surface area contributed by atoms with E-state index in [2.05, 4.69) is 39.9 Å². The number of hydrogen-bond donors (Lipinski definition) is 1. The van der Waals surface area contributed by atoms with E-state index in [4.69, 9.17) is 9.47 Å². The van der Waals surface area contributed by atoms with Crippen LogP contribution in [0.1, 0.15) is 16.5 Å². The Labute approximate surface area is 135 Å². The number of nitrogens with zero attached hydrogens (tertiary/aromatic N) is 1. The van der Waals surface area contributed by atoms with E-state index < -0.39 is 0 Å². The predicted molar refractivity (Wildman–Crippen MR) is 90.2 cm³/mol. The molecule has 0 aliphatic carbocycles. The molecule has 1 aromatic carbocycles. The van der Waals surface area contributed by atoms with E-state index in [1.807, 2.05) is 17.4 Å². The van der Waals surface area contributed by atoms with Crippen LogP contribution >= 0.6 is 11.3 Å². The van der Waals surface area contributed by atoms with Gasteiger partial charge in [0, 0.05) is 31.1 Å². The maximum Gasteiger partial charge on any atom is 0.161 e. The minimum Gasteiger partial charge on any atom is -0.493 e. The highest BCUT2D eigenvalue weighted by Crippen LogP contribution is 2.36. The van der Waals surface area contributed by atoms with Gasteiger partial charge in [-0.2, -0.15) is 0 Å². The molecule has 1 aliphatic rings. The number of methoxy groups -OCH3 is 2. The Morgan fingerprint density at radius 3 is 2.50 bits per heavy atom. The average molecular weight is 318 g/mol. The molecule has 1 N–H and O–H groups in total. The summed E-state index contributed by atoms with van der Waals surface area (Å²) in [5.74, 6) is 1.56. The number of piperazine rings is 1. The van der Waals surface area contributed by atoms with Gasteiger partial charge in [-0.3, -0.25) is 4.90 Å². The number of nitrogens with one attached hydrogen (secondary N) is 1. The van der Waals surface area contributed by atoms with E-state index in [0.717, 1.165) is 37.7 Å². The summed E-state index contributed by atoms with van der Waals surface area (Å²) in [6.45, 7) is 4.18. The summed E-state index contributed by atoms with van der Waals surface area (Å²) in [6.07, 6.45) is 0. The van der Waals surface area contributed by atoms with E-state index in [9.17, 15) is 0 Å². The van der Waals surface area contributed by atoms with Gasteiger partial charge in [0.15, 0.2) is 11.5 Å². The Kier molecular flexibility index (Phi) is 4.97. The molecule has 3 rings (SSSR count). The number of thiophene rings is 1. The third kappa shape index (κ3) is 3.11. The quantitative estimate of drug-likeness (QED) is 0.919. The molecule has 0 radical (unpaired) electrons. The first-order valence-corrected chi connectivity index (χ1v) is 8.41. The molecule has 1 unspecified atom stereocenters. The van der Waals surface area contributed by atoms with Crippen LogP contribution in [0.2, 0.25) is 0 Å². The highest BCUT2D eigenvalue weighted by molar-refractivity contribution is 7.10. The van der Waals surface area contributed by atoms with Crippen LogP contribution in [0.3, 0.4) is 0 Å². The lowest BCUT2D eigenvalue weighted by Crippen LogP contribution is -2.45. The SMILES string of the molecule is COc1ccc(C(c2cccs2)N2CCNCC2)cc1OC. The van der Waals surface area contributed by atoms with Crippen LogP contribution in [-0.4, -0.2) is 45.3 Å². The molecule has 2 aromatic rings. The average Bonchev–Trinajstić information content (AvgIpc) is 3.10. The van der Waals surface area contributed by atoms with Crippen LogP contribution in [0.4, 0.5) is 0 Å². The van der Waals surface area contributed by atoms with Crippen molar-refractivity contribution in [3.8, 4) is 11.5 Å². The van der Waals surface area contributed by atoms with Gasteiger partial charge in [0.2, 0.25) is 0 Å². The van der Waals surface area contributed by atoms with Crippen molar-refractivity contribution in [2.24, 2.45) is 0 Å². The van der Waals surface area contributed by atoms with E-state index >= 15 is 0 Å². The largest absolute Gasteiger partial charge is 0.493 e. The highest BCUT2D eigenvalue weighted by Gasteiger charge is 2.25. The van der Waals surface area contributed by atoms with Crippen molar-refractivity contribution >= 4 is 11.3 Å². The first-order valence-electron chi connectivity index (χ1n) is 7.53. The summed E-state index contributed by atoms with van der Waals surface area (Å²) in [5, 5.41) is 5.57. The Hall–Kier alpha value is -1.56. The van der Waals surface area contributed by atoms with E-state index in [1.54, 1.807) is 14.2 Å². The fraction of sp³-hybridized carbons (Fsp3) is 0.412. The molecule has 0 saturated carbocycles. The van der Waals surface area contributed by atoms with Crippen molar-refractivity contribution in [3.63, 3.8) is 0 Å². The summed E-state index contributed by atoms with van der Waals surface area (Å²) in [7, 11) is 3.36. The number of hydrogen-bond acceptors (Lipinski definition) is 5. The molecule has 0 bridgehead atoms. The summed E-state index contributed by atoms with van der Waals surface area (Å²) >= 11 is 1.81. The molecule has 1 atom stereocenters. The van der Waals surface area contributed by atoms with Gasteiger partial charge in [-0.15, -0.1) is 11.3 Å². The first kappa shape index (κ1) is 15.3. The smallest absolute Gasteiger partial charge is 0.161 e. The third-order valence-corrected chi connectivity index (χ3v) is 4.98. The van der Waals surface area contributed by atoms with Gasteiger partial charge >= 0.3 is 0 Å². The topological polar surface area (TPSA) is 33.7 Å². The van der Waals surface area contributed by atoms with Crippen molar-refractivity contribution in [3.05, 3.63) is 46.2 Å². The van der Waals surface area contributed by atoms with E-state index in [-0.39, 0.29) is 6.04 Å². The van der Waals surface area contributed by atoms with Crippen molar-refractivity contribution in [2.45, 2.75) is 6.04 Å².